The third-order valence-corrected chi connectivity index (χ3v) is 4.17. The summed E-state index contributed by atoms with van der Waals surface area (Å²) in [4.78, 5) is 4.18. The Morgan fingerprint density at radius 1 is 1.37 bits per heavy atom. The molecule has 102 valence electrons. The molecule has 1 aliphatic rings. The van der Waals surface area contributed by atoms with Crippen molar-refractivity contribution in [3.8, 4) is 5.75 Å². The lowest BCUT2D eigenvalue weighted by atomic mass is 10.3. The SMILES string of the molecule is COc1ccc2nc(NC3(C(F)(F)F)CC3)sc2c1. The Morgan fingerprint density at radius 2 is 2.11 bits per heavy atom. The van der Waals surface area contributed by atoms with Gasteiger partial charge in [0.15, 0.2) is 5.13 Å². The highest BCUT2D eigenvalue weighted by molar-refractivity contribution is 7.22. The van der Waals surface area contributed by atoms with Gasteiger partial charge < -0.3 is 10.1 Å². The Bertz CT molecular complexity index is 619. The summed E-state index contributed by atoms with van der Waals surface area (Å²) < 4.78 is 44.4. The van der Waals surface area contributed by atoms with Gasteiger partial charge >= 0.3 is 6.18 Å². The van der Waals surface area contributed by atoms with Gasteiger partial charge in [0.2, 0.25) is 0 Å². The highest BCUT2D eigenvalue weighted by Crippen LogP contribution is 2.51. The molecule has 2 aromatic rings. The van der Waals surface area contributed by atoms with Crippen LogP contribution in [0.1, 0.15) is 12.8 Å². The number of hydrogen-bond acceptors (Lipinski definition) is 4. The maximum atomic E-state index is 12.9. The summed E-state index contributed by atoms with van der Waals surface area (Å²) in [7, 11) is 1.55. The van der Waals surface area contributed by atoms with Crippen LogP contribution in [0.4, 0.5) is 18.3 Å². The van der Waals surface area contributed by atoms with Gasteiger partial charge in [-0.3, -0.25) is 0 Å². The molecular weight excluding hydrogens is 277 g/mol. The number of nitrogens with zero attached hydrogens (tertiary/aromatic N) is 1. The highest BCUT2D eigenvalue weighted by Gasteiger charge is 2.63. The minimum Gasteiger partial charge on any atom is -0.497 e. The van der Waals surface area contributed by atoms with Crippen molar-refractivity contribution < 1.29 is 17.9 Å². The molecule has 19 heavy (non-hydrogen) atoms. The highest BCUT2D eigenvalue weighted by atomic mass is 32.1. The smallest absolute Gasteiger partial charge is 0.411 e. The number of thiazole rings is 1. The van der Waals surface area contributed by atoms with Gasteiger partial charge in [0.25, 0.3) is 0 Å². The molecule has 1 heterocycles. The second kappa shape index (κ2) is 4.00. The lowest BCUT2D eigenvalue weighted by molar-refractivity contribution is -0.151. The molecular formula is C12H11F3N2OS. The molecule has 0 atom stereocenters. The zero-order valence-electron chi connectivity index (χ0n) is 10.0. The molecule has 1 saturated carbocycles. The molecule has 1 fully saturated rings. The van der Waals surface area contributed by atoms with Crippen LogP contribution in [-0.2, 0) is 0 Å². The first kappa shape index (κ1) is 12.5. The van der Waals surface area contributed by atoms with E-state index >= 15 is 0 Å². The van der Waals surface area contributed by atoms with E-state index in [1.807, 2.05) is 0 Å². The molecule has 3 rings (SSSR count). The number of halogens is 3. The number of ether oxygens (including phenoxy) is 1. The minimum atomic E-state index is -4.23. The number of anilines is 1. The lowest BCUT2D eigenvalue weighted by Crippen LogP contribution is -2.38. The maximum absolute atomic E-state index is 12.9. The van der Waals surface area contributed by atoms with Crippen molar-refractivity contribution in [2.75, 3.05) is 12.4 Å². The Labute approximate surface area is 111 Å². The van der Waals surface area contributed by atoms with E-state index < -0.39 is 11.7 Å². The van der Waals surface area contributed by atoms with Crippen LogP contribution in [0.15, 0.2) is 18.2 Å². The molecule has 1 aliphatic carbocycles. The molecule has 0 saturated heterocycles. The number of benzene rings is 1. The van der Waals surface area contributed by atoms with Crippen molar-refractivity contribution in [2.24, 2.45) is 0 Å². The second-order valence-electron chi connectivity index (χ2n) is 4.56. The van der Waals surface area contributed by atoms with Crippen LogP contribution in [0.5, 0.6) is 5.75 Å². The monoisotopic (exact) mass is 288 g/mol. The first-order chi connectivity index (χ1) is 8.93. The van der Waals surface area contributed by atoms with Crippen LogP contribution in [0.2, 0.25) is 0 Å². The number of alkyl halides is 3. The van der Waals surface area contributed by atoms with E-state index in [1.54, 1.807) is 25.3 Å². The van der Waals surface area contributed by atoms with Gasteiger partial charge in [-0.1, -0.05) is 11.3 Å². The molecule has 0 unspecified atom stereocenters. The summed E-state index contributed by atoms with van der Waals surface area (Å²) in [6.07, 6.45) is -4.02. The average Bonchev–Trinajstić information content (AvgIpc) is 3.02. The van der Waals surface area contributed by atoms with E-state index in [-0.39, 0.29) is 12.8 Å². The Hall–Kier alpha value is -1.50. The Kier molecular flexibility index (Phi) is 2.63. The van der Waals surface area contributed by atoms with Gasteiger partial charge in [-0.2, -0.15) is 13.2 Å². The van der Waals surface area contributed by atoms with E-state index in [0.29, 0.717) is 16.4 Å². The van der Waals surface area contributed by atoms with Crippen molar-refractivity contribution in [2.45, 2.75) is 24.6 Å². The van der Waals surface area contributed by atoms with Gasteiger partial charge in [0.1, 0.15) is 11.3 Å². The third kappa shape index (κ3) is 2.11. The molecule has 1 N–H and O–H groups in total. The van der Waals surface area contributed by atoms with Gasteiger partial charge in [0, 0.05) is 0 Å². The van der Waals surface area contributed by atoms with Crippen LogP contribution in [0.25, 0.3) is 10.2 Å². The number of methoxy groups -OCH3 is 1. The van der Waals surface area contributed by atoms with Crippen LogP contribution >= 0.6 is 11.3 Å². The van der Waals surface area contributed by atoms with Crippen molar-refractivity contribution in [1.29, 1.82) is 0 Å². The molecule has 3 nitrogen and oxygen atoms in total. The molecule has 1 aromatic carbocycles. The minimum absolute atomic E-state index is 0.107. The zero-order chi connectivity index (χ0) is 13.7. The number of aromatic nitrogens is 1. The van der Waals surface area contributed by atoms with Crippen LogP contribution < -0.4 is 10.1 Å². The van der Waals surface area contributed by atoms with E-state index in [2.05, 4.69) is 10.3 Å². The predicted octanol–water partition coefficient (Wildman–Crippen LogP) is 3.81. The van der Waals surface area contributed by atoms with E-state index in [0.717, 1.165) is 4.70 Å². The van der Waals surface area contributed by atoms with Crippen LogP contribution in [-0.4, -0.2) is 23.8 Å². The molecule has 0 spiro atoms. The summed E-state index contributed by atoms with van der Waals surface area (Å²) in [5, 5.41) is 2.84. The van der Waals surface area contributed by atoms with Crippen molar-refractivity contribution in [3.63, 3.8) is 0 Å². The summed E-state index contributed by atoms with van der Waals surface area (Å²) >= 11 is 1.21. The predicted molar refractivity (Wildman–Crippen MR) is 67.8 cm³/mol. The summed E-state index contributed by atoms with van der Waals surface area (Å²) in [6, 6.07) is 5.25. The van der Waals surface area contributed by atoms with Crippen LogP contribution in [0, 0.1) is 0 Å². The second-order valence-corrected chi connectivity index (χ2v) is 5.59. The van der Waals surface area contributed by atoms with Crippen molar-refractivity contribution in [1.82, 2.24) is 4.98 Å². The number of hydrogen-bond donors (Lipinski definition) is 1. The zero-order valence-corrected chi connectivity index (χ0v) is 10.9. The summed E-state index contributed by atoms with van der Waals surface area (Å²) in [5.41, 5.74) is -1.10. The Morgan fingerprint density at radius 3 is 2.68 bits per heavy atom. The largest absolute Gasteiger partial charge is 0.497 e. The van der Waals surface area contributed by atoms with Crippen molar-refractivity contribution in [3.05, 3.63) is 18.2 Å². The fraction of sp³-hybridized carbons (Fsp3) is 0.417. The molecule has 0 amide bonds. The van der Waals surface area contributed by atoms with Gasteiger partial charge in [-0.15, -0.1) is 0 Å². The van der Waals surface area contributed by atoms with E-state index in [9.17, 15) is 13.2 Å². The standard InChI is InChI=1S/C12H11F3N2OS/c1-18-7-2-3-8-9(6-7)19-10(16-8)17-11(4-5-11)12(13,14)15/h2-3,6H,4-5H2,1H3,(H,16,17). The molecule has 0 bridgehead atoms. The van der Waals surface area contributed by atoms with Gasteiger partial charge in [-0.05, 0) is 31.0 Å². The van der Waals surface area contributed by atoms with Gasteiger partial charge in [-0.25, -0.2) is 4.98 Å². The quantitative estimate of drug-likeness (QED) is 0.932. The molecule has 7 heteroatoms. The Balaban J connectivity index is 1.90. The van der Waals surface area contributed by atoms with Crippen molar-refractivity contribution >= 4 is 26.7 Å². The molecule has 0 radical (unpaired) electrons. The number of fused-ring (bicyclic) bond motifs is 1. The number of nitrogens with one attached hydrogen (secondary N) is 1. The summed E-state index contributed by atoms with van der Waals surface area (Å²) in [6.45, 7) is 0. The lowest BCUT2D eigenvalue weighted by Gasteiger charge is -2.19. The normalized spacial score (nSPS) is 17.5. The number of rotatable bonds is 3. The fourth-order valence-electron chi connectivity index (χ4n) is 1.89. The van der Waals surface area contributed by atoms with Gasteiger partial charge in [0.05, 0.1) is 17.3 Å². The first-order valence-corrected chi connectivity index (χ1v) is 6.55. The van der Waals surface area contributed by atoms with Crippen LogP contribution in [0.3, 0.4) is 0 Å². The van der Waals surface area contributed by atoms with E-state index in [4.69, 9.17) is 4.74 Å². The summed E-state index contributed by atoms with van der Waals surface area (Å²) in [5.74, 6) is 0.666. The molecule has 1 aromatic heterocycles. The topological polar surface area (TPSA) is 34.1 Å². The molecule has 0 aliphatic heterocycles. The fourth-order valence-corrected chi connectivity index (χ4v) is 2.89. The first-order valence-electron chi connectivity index (χ1n) is 5.73. The van der Waals surface area contributed by atoms with E-state index in [1.165, 1.54) is 11.3 Å². The third-order valence-electron chi connectivity index (χ3n) is 3.23. The average molecular weight is 288 g/mol. The maximum Gasteiger partial charge on any atom is 0.411 e.